The number of rotatable bonds is 7. The molecular weight excluding hydrogens is 366 g/mol. The van der Waals surface area contributed by atoms with E-state index in [0.29, 0.717) is 22.2 Å². The Morgan fingerprint density at radius 3 is 2.52 bits per heavy atom. The van der Waals surface area contributed by atoms with E-state index < -0.39 is 11.9 Å². The zero-order valence-corrected chi connectivity index (χ0v) is 15.1. The molecule has 2 amide bonds. The Hall–Kier alpha value is -3.12. The number of primary amides is 1. The highest BCUT2D eigenvalue weighted by Crippen LogP contribution is 2.28. The van der Waals surface area contributed by atoms with Crippen molar-refractivity contribution in [2.75, 3.05) is 0 Å². The number of amides is 2. The number of hydrogen-bond acceptors (Lipinski definition) is 4. The lowest BCUT2D eigenvalue weighted by Gasteiger charge is -2.15. The molecular formula is C20H18ClN3O3. The third kappa shape index (κ3) is 4.74. The number of carbonyl (C=O) groups excluding carboxylic acids is 2. The van der Waals surface area contributed by atoms with Gasteiger partial charge in [0.1, 0.15) is 6.04 Å². The molecule has 27 heavy (non-hydrogen) atoms. The zero-order chi connectivity index (χ0) is 19.2. The molecule has 2 aromatic carbocycles. The number of nitrogens with zero attached hydrogens (tertiary/aromatic N) is 1. The maximum Gasteiger partial charge on any atom is 0.244 e. The second kappa shape index (κ2) is 8.51. The molecule has 3 rings (SSSR count). The molecule has 138 valence electrons. The Balaban J connectivity index is 1.61. The summed E-state index contributed by atoms with van der Waals surface area (Å²) >= 11 is 6.15. The minimum Gasteiger partial charge on any atom is -0.441 e. The molecule has 0 aliphatic carbocycles. The molecule has 0 saturated carbocycles. The molecule has 3 N–H and O–H groups in total. The van der Waals surface area contributed by atoms with Crippen LogP contribution in [-0.2, 0) is 16.0 Å². The van der Waals surface area contributed by atoms with Crippen molar-refractivity contribution in [3.8, 4) is 11.3 Å². The quantitative estimate of drug-likeness (QED) is 0.654. The third-order valence-electron chi connectivity index (χ3n) is 3.98. The summed E-state index contributed by atoms with van der Waals surface area (Å²) in [6.45, 7) is 0. The van der Waals surface area contributed by atoms with Crippen molar-refractivity contribution in [1.29, 1.82) is 0 Å². The molecule has 0 unspecified atom stereocenters. The number of halogens is 1. The van der Waals surface area contributed by atoms with Gasteiger partial charge in [-0.2, -0.15) is 0 Å². The number of oxazole rings is 1. The number of aryl methyl sites for hydroxylation is 1. The Morgan fingerprint density at radius 2 is 1.81 bits per heavy atom. The largest absolute Gasteiger partial charge is 0.441 e. The molecule has 7 heteroatoms. The van der Waals surface area contributed by atoms with Gasteiger partial charge in [-0.05, 0) is 17.7 Å². The van der Waals surface area contributed by atoms with Crippen LogP contribution in [0.5, 0.6) is 0 Å². The van der Waals surface area contributed by atoms with Crippen LogP contribution in [0.25, 0.3) is 11.3 Å². The first-order valence-corrected chi connectivity index (χ1v) is 8.75. The van der Waals surface area contributed by atoms with E-state index >= 15 is 0 Å². The van der Waals surface area contributed by atoms with Crippen LogP contribution in [-0.4, -0.2) is 16.8 Å². The Kier molecular flexibility index (Phi) is 5.88. The van der Waals surface area contributed by atoms with E-state index in [9.17, 15) is 9.59 Å². The van der Waals surface area contributed by atoms with Crippen LogP contribution < -0.4 is 11.1 Å². The number of carbonyl (C=O) groups is 2. The molecule has 1 heterocycles. The average molecular weight is 384 g/mol. The van der Waals surface area contributed by atoms with Crippen molar-refractivity contribution < 1.29 is 14.0 Å². The maximum atomic E-state index is 12.2. The fourth-order valence-corrected chi connectivity index (χ4v) is 2.86. The van der Waals surface area contributed by atoms with Gasteiger partial charge in [-0.3, -0.25) is 9.59 Å². The van der Waals surface area contributed by atoms with Crippen LogP contribution >= 0.6 is 11.6 Å². The van der Waals surface area contributed by atoms with Gasteiger partial charge in [-0.15, -0.1) is 0 Å². The second-order valence-corrected chi connectivity index (χ2v) is 6.32. The minimum absolute atomic E-state index is 0.110. The van der Waals surface area contributed by atoms with Crippen LogP contribution in [0.2, 0.25) is 5.02 Å². The predicted octanol–water partition coefficient (Wildman–Crippen LogP) is 3.27. The monoisotopic (exact) mass is 383 g/mol. The van der Waals surface area contributed by atoms with Gasteiger partial charge < -0.3 is 15.5 Å². The number of nitrogens with two attached hydrogens (primary N) is 1. The number of hydrogen-bond donors (Lipinski definition) is 2. The summed E-state index contributed by atoms with van der Waals surface area (Å²) < 4.78 is 5.67. The maximum absolute atomic E-state index is 12.2. The van der Waals surface area contributed by atoms with E-state index in [1.54, 1.807) is 36.5 Å². The van der Waals surface area contributed by atoms with Crippen molar-refractivity contribution in [3.05, 3.63) is 77.3 Å². The Morgan fingerprint density at radius 1 is 1.11 bits per heavy atom. The first kappa shape index (κ1) is 18.7. The third-order valence-corrected chi connectivity index (χ3v) is 4.31. The van der Waals surface area contributed by atoms with E-state index in [-0.39, 0.29) is 18.7 Å². The molecule has 0 fully saturated rings. The van der Waals surface area contributed by atoms with Gasteiger partial charge in [-0.1, -0.05) is 54.1 Å². The molecule has 1 atom stereocenters. The van der Waals surface area contributed by atoms with Gasteiger partial charge >= 0.3 is 0 Å². The molecule has 3 aromatic rings. The lowest BCUT2D eigenvalue weighted by molar-refractivity contribution is -0.127. The van der Waals surface area contributed by atoms with Gasteiger partial charge in [0.2, 0.25) is 11.8 Å². The molecule has 0 aliphatic rings. The number of aromatic nitrogens is 1. The summed E-state index contributed by atoms with van der Waals surface area (Å²) in [7, 11) is 0. The summed E-state index contributed by atoms with van der Waals surface area (Å²) in [5.74, 6) is 0.0116. The molecule has 0 spiro atoms. The fourth-order valence-electron chi connectivity index (χ4n) is 2.63. The van der Waals surface area contributed by atoms with Gasteiger partial charge in [-0.25, -0.2) is 4.98 Å². The van der Waals surface area contributed by atoms with Gasteiger partial charge in [0.25, 0.3) is 0 Å². The minimum atomic E-state index is -0.873. The van der Waals surface area contributed by atoms with Gasteiger partial charge in [0, 0.05) is 18.4 Å². The van der Waals surface area contributed by atoms with Crippen LogP contribution in [0.1, 0.15) is 23.9 Å². The Labute approximate surface area is 161 Å². The standard InChI is InChI=1S/C20H18ClN3O3/c21-15-9-5-4-8-14(15)16-12-23-18(27-16)11-10-17(25)24-19(20(22)26)13-6-2-1-3-7-13/h1-9,12,19H,10-11H2,(H2,22,26)(H,24,25)/t19-/m0/s1. The van der Waals surface area contributed by atoms with E-state index in [1.807, 2.05) is 24.3 Å². The van der Waals surface area contributed by atoms with Gasteiger partial charge in [0.05, 0.1) is 11.2 Å². The summed E-state index contributed by atoms with van der Waals surface area (Å²) in [5, 5.41) is 3.21. The van der Waals surface area contributed by atoms with E-state index in [4.69, 9.17) is 21.8 Å². The van der Waals surface area contributed by atoms with Crippen molar-refractivity contribution in [2.24, 2.45) is 5.73 Å². The smallest absolute Gasteiger partial charge is 0.244 e. The molecule has 0 aliphatic heterocycles. The van der Waals surface area contributed by atoms with Crippen molar-refractivity contribution in [3.63, 3.8) is 0 Å². The molecule has 0 bridgehead atoms. The van der Waals surface area contributed by atoms with Crippen molar-refractivity contribution >= 4 is 23.4 Å². The molecule has 1 aromatic heterocycles. The Bertz CT molecular complexity index is 940. The zero-order valence-electron chi connectivity index (χ0n) is 14.4. The topological polar surface area (TPSA) is 98.2 Å². The molecule has 0 saturated heterocycles. The predicted molar refractivity (Wildman–Crippen MR) is 102 cm³/mol. The second-order valence-electron chi connectivity index (χ2n) is 5.91. The van der Waals surface area contributed by atoms with Crippen molar-refractivity contribution in [1.82, 2.24) is 10.3 Å². The lowest BCUT2D eigenvalue weighted by Crippen LogP contribution is -2.37. The molecule has 6 nitrogen and oxygen atoms in total. The average Bonchev–Trinajstić information content (AvgIpc) is 3.14. The summed E-state index contributed by atoms with van der Waals surface area (Å²) in [6.07, 6.45) is 1.97. The van der Waals surface area contributed by atoms with E-state index in [2.05, 4.69) is 10.3 Å². The first-order chi connectivity index (χ1) is 13.0. The first-order valence-electron chi connectivity index (χ1n) is 8.38. The normalized spacial score (nSPS) is 11.7. The van der Waals surface area contributed by atoms with E-state index in [1.165, 1.54) is 0 Å². The summed E-state index contributed by atoms with van der Waals surface area (Å²) in [4.78, 5) is 28.1. The highest BCUT2D eigenvalue weighted by atomic mass is 35.5. The number of nitrogens with one attached hydrogen (secondary N) is 1. The van der Waals surface area contributed by atoms with Crippen LogP contribution in [0.4, 0.5) is 0 Å². The number of benzene rings is 2. The van der Waals surface area contributed by atoms with Gasteiger partial charge in [0.15, 0.2) is 11.7 Å². The summed E-state index contributed by atoms with van der Waals surface area (Å²) in [5.41, 5.74) is 6.78. The van der Waals surface area contributed by atoms with Crippen LogP contribution in [0, 0.1) is 0 Å². The van der Waals surface area contributed by atoms with Crippen LogP contribution in [0.3, 0.4) is 0 Å². The lowest BCUT2D eigenvalue weighted by atomic mass is 10.1. The van der Waals surface area contributed by atoms with E-state index in [0.717, 1.165) is 5.56 Å². The van der Waals surface area contributed by atoms with Crippen LogP contribution in [0.15, 0.2) is 65.2 Å². The SMILES string of the molecule is NC(=O)[C@@H](NC(=O)CCc1ncc(-c2ccccc2Cl)o1)c1ccccc1. The fraction of sp³-hybridized carbons (Fsp3) is 0.150. The molecule has 0 radical (unpaired) electrons. The highest BCUT2D eigenvalue weighted by molar-refractivity contribution is 6.33. The summed E-state index contributed by atoms with van der Waals surface area (Å²) in [6, 6.07) is 15.3. The highest BCUT2D eigenvalue weighted by Gasteiger charge is 2.20. The van der Waals surface area contributed by atoms with Crippen molar-refractivity contribution in [2.45, 2.75) is 18.9 Å².